The molecule has 0 radical (unpaired) electrons. The van der Waals surface area contributed by atoms with Crippen molar-refractivity contribution in [1.82, 2.24) is 19.5 Å². The highest BCUT2D eigenvalue weighted by Crippen LogP contribution is 2.44. The van der Waals surface area contributed by atoms with Crippen LogP contribution in [0.25, 0.3) is 11.4 Å². The van der Waals surface area contributed by atoms with Crippen LogP contribution in [0.4, 0.5) is 32.0 Å². The molecule has 2 N–H and O–H groups in total. The number of hydrogen-bond acceptors (Lipinski definition) is 9. The van der Waals surface area contributed by atoms with Gasteiger partial charge in [0.1, 0.15) is 10.0 Å². The number of aliphatic hydroxyl groups is 1. The smallest absolute Gasteiger partial charge is 0.433 e. The molecule has 3 heterocycles. The van der Waals surface area contributed by atoms with Gasteiger partial charge in [-0.1, -0.05) is 0 Å². The molecule has 2 aromatic heterocycles. The van der Waals surface area contributed by atoms with Crippen LogP contribution < -0.4 is 4.90 Å². The average Bonchev–Trinajstić information content (AvgIpc) is 3.56. The van der Waals surface area contributed by atoms with E-state index in [4.69, 9.17) is 0 Å². The fourth-order valence-electron chi connectivity index (χ4n) is 4.44. The number of esters is 1. The number of nitrogens with one attached hydrogen (secondary N) is 1. The Kier molecular flexibility index (Phi) is 7.91. The van der Waals surface area contributed by atoms with Crippen LogP contribution in [0.5, 0.6) is 0 Å². The van der Waals surface area contributed by atoms with E-state index in [1.807, 2.05) is 0 Å². The van der Waals surface area contributed by atoms with E-state index in [9.17, 15) is 44.7 Å². The van der Waals surface area contributed by atoms with Crippen LogP contribution in [-0.2, 0) is 31.3 Å². The van der Waals surface area contributed by atoms with Crippen molar-refractivity contribution in [2.75, 3.05) is 31.6 Å². The number of sulfonamides is 1. The zero-order chi connectivity index (χ0) is 30.5. The predicted octanol–water partition coefficient (Wildman–Crippen LogP) is 3.68. The van der Waals surface area contributed by atoms with E-state index in [1.54, 1.807) is 6.92 Å². The lowest BCUT2D eigenvalue weighted by molar-refractivity contribution is -0.265. The molecule has 0 saturated carbocycles. The Morgan fingerprint density at radius 2 is 1.83 bits per heavy atom. The van der Waals surface area contributed by atoms with Crippen molar-refractivity contribution < 1.29 is 49.4 Å². The number of benzene rings is 1. The summed E-state index contributed by atoms with van der Waals surface area (Å²) in [6, 6.07) is 4.14. The summed E-state index contributed by atoms with van der Waals surface area (Å²) in [7, 11) is -3.82. The van der Waals surface area contributed by atoms with E-state index in [1.165, 1.54) is 24.0 Å². The predicted molar refractivity (Wildman–Crippen MR) is 133 cm³/mol. The first-order valence-electron chi connectivity index (χ1n) is 11.8. The molecule has 0 spiro atoms. The van der Waals surface area contributed by atoms with Crippen molar-refractivity contribution in [3.8, 4) is 11.4 Å². The van der Waals surface area contributed by atoms with Crippen molar-refractivity contribution in [1.29, 1.82) is 0 Å². The maximum atomic E-state index is 14.0. The molecule has 2 unspecified atom stereocenters. The molecular weight excluding hydrogens is 604 g/mol. The molecule has 1 saturated heterocycles. The maximum absolute atomic E-state index is 14.0. The topological polar surface area (TPSA) is 129 Å². The summed E-state index contributed by atoms with van der Waals surface area (Å²) in [6.07, 6.45) is -10.3. The van der Waals surface area contributed by atoms with E-state index in [0.29, 0.717) is 19.0 Å². The van der Waals surface area contributed by atoms with E-state index in [0.717, 1.165) is 16.4 Å². The fourth-order valence-corrected chi connectivity index (χ4v) is 7.59. The molecule has 10 nitrogen and oxygen atoms in total. The van der Waals surface area contributed by atoms with Crippen LogP contribution in [0.3, 0.4) is 0 Å². The Morgan fingerprint density at radius 3 is 2.37 bits per heavy atom. The minimum atomic E-state index is -5.51. The lowest BCUT2D eigenvalue weighted by atomic mass is 10.0. The number of carbonyl (C=O) groups excluding carboxylic acids is 1. The van der Waals surface area contributed by atoms with Crippen LogP contribution in [0.1, 0.15) is 23.2 Å². The van der Waals surface area contributed by atoms with Crippen LogP contribution in [0, 0.1) is 6.92 Å². The minimum Gasteiger partial charge on any atom is -0.466 e. The van der Waals surface area contributed by atoms with Gasteiger partial charge in [-0.25, -0.2) is 18.2 Å². The van der Waals surface area contributed by atoms with Crippen LogP contribution in [-0.4, -0.2) is 77.9 Å². The Hall–Kier alpha value is -3.22. The third kappa shape index (κ3) is 5.52. The molecule has 1 fully saturated rings. The molecule has 0 amide bonds. The number of carbonyl (C=O) groups is 1. The van der Waals surface area contributed by atoms with E-state index < -0.39 is 54.6 Å². The lowest BCUT2D eigenvalue weighted by Gasteiger charge is -2.40. The zero-order valence-corrected chi connectivity index (χ0v) is 23.2. The Balaban J connectivity index is 1.61. The Labute approximate surface area is 233 Å². The maximum Gasteiger partial charge on any atom is 0.433 e. The number of aryl methyl sites for hydroxylation is 1. The van der Waals surface area contributed by atoms with Gasteiger partial charge >= 0.3 is 18.3 Å². The summed E-state index contributed by atoms with van der Waals surface area (Å²) in [4.78, 5) is 16.2. The first-order chi connectivity index (χ1) is 18.9. The highest BCUT2D eigenvalue weighted by molar-refractivity contribution is 7.91. The summed E-state index contributed by atoms with van der Waals surface area (Å²) in [5.41, 5.74) is -5.13. The number of H-pyrrole nitrogens is 1. The van der Waals surface area contributed by atoms with Crippen molar-refractivity contribution in [3.63, 3.8) is 0 Å². The standard InChI is InChI=1S/C23H23F6N5O5S2/c1-12-11-33(16-5-4-14(10-15(16)22(24,25)26)19-30-13(2)31-32-19)8-9-34(12)41(37,38)18-7-6-17(40-18)21(36,20(35)39-3)23(27,28)29/h4-7,10,12,36H,8-9,11H2,1-3H3,(H,30,31,32). The lowest BCUT2D eigenvalue weighted by Crippen LogP contribution is -2.54. The van der Waals surface area contributed by atoms with Gasteiger partial charge in [-0.3, -0.25) is 5.10 Å². The zero-order valence-electron chi connectivity index (χ0n) is 21.5. The average molecular weight is 628 g/mol. The number of methoxy groups -OCH3 is 1. The van der Waals surface area contributed by atoms with Crippen molar-refractivity contribution in [3.05, 3.63) is 46.6 Å². The van der Waals surface area contributed by atoms with Crippen LogP contribution in [0.15, 0.2) is 34.5 Å². The molecule has 1 aromatic carbocycles. The third-order valence-corrected chi connectivity index (χ3v) is 10.1. The minimum absolute atomic E-state index is 0.0400. The number of nitrogens with zero attached hydrogens (tertiary/aromatic N) is 4. The molecule has 1 aliphatic rings. The third-order valence-electron chi connectivity index (χ3n) is 6.46. The second-order valence-corrected chi connectivity index (χ2v) is 12.4. The largest absolute Gasteiger partial charge is 0.466 e. The molecular formula is C23H23F6N5O5S2. The number of alkyl halides is 6. The highest BCUT2D eigenvalue weighted by Gasteiger charge is 2.63. The second kappa shape index (κ2) is 10.6. The van der Waals surface area contributed by atoms with Gasteiger partial charge in [-0.05, 0) is 44.2 Å². The molecule has 18 heteroatoms. The Bertz CT molecular complexity index is 1550. The normalized spacial score (nSPS) is 18.8. The van der Waals surface area contributed by atoms with Crippen LogP contribution >= 0.6 is 11.3 Å². The summed E-state index contributed by atoms with van der Waals surface area (Å²) in [6.45, 7) is 2.40. The Morgan fingerprint density at radius 1 is 1.15 bits per heavy atom. The van der Waals surface area contributed by atoms with Gasteiger partial charge in [0.15, 0.2) is 5.82 Å². The molecule has 0 aliphatic carbocycles. The number of hydrogen-bond donors (Lipinski definition) is 2. The summed E-state index contributed by atoms with van der Waals surface area (Å²) >= 11 is 0.0400. The van der Waals surface area contributed by atoms with Gasteiger partial charge in [-0.2, -0.15) is 35.7 Å². The van der Waals surface area contributed by atoms with Gasteiger partial charge in [-0.15, -0.1) is 11.3 Å². The van der Waals surface area contributed by atoms with Gasteiger partial charge < -0.3 is 14.7 Å². The van der Waals surface area contributed by atoms with Gasteiger partial charge in [0.2, 0.25) is 0 Å². The highest BCUT2D eigenvalue weighted by atomic mass is 32.2. The monoisotopic (exact) mass is 627 g/mol. The molecule has 4 rings (SSSR count). The van der Waals surface area contributed by atoms with Crippen LogP contribution in [0.2, 0.25) is 0 Å². The molecule has 41 heavy (non-hydrogen) atoms. The van der Waals surface area contributed by atoms with Crippen molar-refractivity contribution in [2.45, 2.75) is 42.1 Å². The molecule has 224 valence electrons. The van der Waals surface area contributed by atoms with E-state index in [-0.39, 0.29) is 48.0 Å². The summed E-state index contributed by atoms with van der Waals surface area (Å²) < 4.78 is 114. The number of aromatic amines is 1. The van der Waals surface area contributed by atoms with Crippen molar-refractivity contribution >= 4 is 33.0 Å². The first-order valence-corrected chi connectivity index (χ1v) is 14.0. The van der Waals surface area contributed by atoms with E-state index in [2.05, 4.69) is 19.9 Å². The van der Waals surface area contributed by atoms with Gasteiger partial charge in [0, 0.05) is 36.9 Å². The molecule has 0 bridgehead atoms. The molecule has 1 aliphatic heterocycles. The number of ether oxygens (including phenoxy) is 1. The summed E-state index contributed by atoms with van der Waals surface area (Å²) in [5, 5.41) is 16.6. The molecule has 3 aromatic rings. The number of piperazine rings is 1. The number of aromatic nitrogens is 3. The molecule has 2 atom stereocenters. The number of anilines is 1. The fraction of sp³-hybridized carbons (Fsp3) is 0.435. The number of rotatable bonds is 6. The van der Waals surface area contributed by atoms with Gasteiger partial charge in [0.05, 0.1) is 17.6 Å². The number of thiophene rings is 1. The first kappa shape index (κ1) is 30.7. The van der Waals surface area contributed by atoms with Gasteiger partial charge in [0.25, 0.3) is 15.6 Å². The number of halogens is 6. The van der Waals surface area contributed by atoms with E-state index >= 15 is 0 Å². The second-order valence-electron chi connectivity index (χ2n) is 9.20. The summed E-state index contributed by atoms with van der Waals surface area (Å²) in [5.74, 6) is -1.55. The quantitative estimate of drug-likeness (QED) is 0.313. The SMILES string of the molecule is COC(=O)C(O)(c1ccc(S(=O)(=O)N2CCN(c3ccc(-c4n[nH]c(C)n4)cc3C(F)(F)F)CC2C)s1)C(F)(F)F. The van der Waals surface area contributed by atoms with Crippen molar-refractivity contribution in [2.24, 2.45) is 0 Å².